The zero-order valence-electron chi connectivity index (χ0n) is 10.5. The van der Waals surface area contributed by atoms with Gasteiger partial charge in [0.25, 0.3) is 0 Å². The summed E-state index contributed by atoms with van der Waals surface area (Å²) in [6, 6.07) is 2.10. The van der Waals surface area contributed by atoms with E-state index in [0.717, 1.165) is 12.1 Å². The van der Waals surface area contributed by atoms with Crippen molar-refractivity contribution >= 4 is 27.3 Å². The van der Waals surface area contributed by atoms with Crippen LogP contribution in [0.2, 0.25) is 5.02 Å². The Labute approximate surface area is 116 Å². The maximum atomic E-state index is 13.7. The molecule has 0 saturated carbocycles. The SMILES string of the molecule is CC(C)C(O)CNS(=O)(=O)c1cc(N)cc(Cl)c1F. The van der Waals surface area contributed by atoms with E-state index >= 15 is 0 Å². The van der Waals surface area contributed by atoms with E-state index < -0.39 is 26.8 Å². The van der Waals surface area contributed by atoms with Gasteiger partial charge in [-0.05, 0) is 18.1 Å². The Balaban J connectivity index is 3.01. The monoisotopic (exact) mass is 310 g/mol. The molecule has 0 radical (unpaired) electrons. The van der Waals surface area contributed by atoms with Crippen LogP contribution in [-0.2, 0) is 10.0 Å². The van der Waals surface area contributed by atoms with Crippen LogP contribution in [0.15, 0.2) is 17.0 Å². The Morgan fingerprint density at radius 2 is 2.05 bits per heavy atom. The lowest BCUT2D eigenvalue weighted by Crippen LogP contribution is -2.35. The van der Waals surface area contributed by atoms with Crippen molar-refractivity contribution in [3.8, 4) is 0 Å². The van der Waals surface area contributed by atoms with Gasteiger partial charge in [-0.15, -0.1) is 0 Å². The molecule has 1 aromatic carbocycles. The number of sulfonamides is 1. The van der Waals surface area contributed by atoms with Crippen molar-refractivity contribution in [3.63, 3.8) is 0 Å². The van der Waals surface area contributed by atoms with Crippen molar-refractivity contribution in [2.45, 2.75) is 24.8 Å². The summed E-state index contributed by atoms with van der Waals surface area (Å²) in [5, 5.41) is 9.17. The van der Waals surface area contributed by atoms with Crippen molar-refractivity contribution in [2.24, 2.45) is 5.92 Å². The topological polar surface area (TPSA) is 92.4 Å². The zero-order valence-corrected chi connectivity index (χ0v) is 12.1. The summed E-state index contributed by atoms with van der Waals surface area (Å²) in [6.45, 7) is 3.25. The molecule has 0 amide bonds. The van der Waals surface area contributed by atoms with Gasteiger partial charge in [0.2, 0.25) is 10.0 Å². The minimum atomic E-state index is -4.11. The summed E-state index contributed by atoms with van der Waals surface area (Å²) in [4.78, 5) is -0.631. The molecule has 1 rings (SSSR count). The van der Waals surface area contributed by atoms with E-state index in [4.69, 9.17) is 17.3 Å². The molecule has 4 N–H and O–H groups in total. The molecule has 1 aromatic rings. The molecule has 0 heterocycles. The van der Waals surface area contributed by atoms with Crippen LogP contribution in [-0.4, -0.2) is 26.2 Å². The lowest BCUT2D eigenvalue weighted by Gasteiger charge is -2.15. The quantitative estimate of drug-likeness (QED) is 0.716. The fourth-order valence-electron chi connectivity index (χ4n) is 1.29. The summed E-state index contributed by atoms with van der Waals surface area (Å²) >= 11 is 5.54. The fourth-order valence-corrected chi connectivity index (χ4v) is 2.75. The van der Waals surface area contributed by atoms with E-state index in [0.29, 0.717) is 0 Å². The third kappa shape index (κ3) is 4.04. The van der Waals surface area contributed by atoms with Gasteiger partial charge in [-0.1, -0.05) is 25.4 Å². The van der Waals surface area contributed by atoms with Crippen molar-refractivity contribution in [1.29, 1.82) is 0 Å². The molecule has 8 heteroatoms. The Hall–Kier alpha value is -0.890. The van der Waals surface area contributed by atoms with Crippen LogP contribution in [0, 0.1) is 11.7 Å². The third-order valence-electron chi connectivity index (χ3n) is 2.56. The van der Waals surface area contributed by atoms with Crippen LogP contribution in [0.4, 0.5) is 10.1 Å². The highest BCUT2D eigenvalue weighted by atomic mass is 35.5. The van der Waals surface area contributed by atoms with E-state index in [9.17, 15) is 17.9 Å². The molecule has 0 aliphatic carbocycles. The van der Waals surface area contributed by atoms with Gasteiger partial charge >= 0.3 is 0 Å². The second kappa shape index (κ2) is 6.04. The Bertz CT molecular complexity index is 563. The largest absolute Gasteiger partial charge is 0.399 e. The Kier molecular flexibility index (Phi) is 5.14. The standard InChI is InChI=1S/C11H16ClFN2O3S/c1-6(2)9(16)5-15-19(17,18)10-4-7(14)3-8(12)11(10)13/h3-4,6,9,15-16H,5,14H2,1-2H3. The summed E-state index contributed by atoms with van der Waals surface area (Å²) in [5.41, 5.74) is 5.47. The van der Waals surface area contributed by atoms with E-state index in [1.54, 1.807) is 13.8 Å². The predicted molar refractivity (Wildman–Crippen MR) is 71.9 cm³/mol. The highest BCUT2D eigenvalue weighted by Crippen LogP contribution is 2.25. The number of halogens is 2. The second-order valence-electron chi connectivity index (χ2n) is 4.48. The molecule has 0 fully saturated rings. The highest BCUT2D eigenvalue weighted by Gasteiger charge is 2.23. The minimum absolute atomic E-state index is 0.0381. The number of nitrogen functional groups attached to an aromatic ring is 1. The average Bonchev–Trinajstić information content (AvgIpc) is 2.30. The van der Waals surface area contributed by atoms with Gasteiger partial charge in [0.05, 0.1) is 11.1 Å². The molecule has 1 unspecified atom stereocenters. The molecule has 0 aromatic heterocycles. The molecule has 0 spiro atoms. The van der Waals surface area contributed by atoms with E-state index in [2.05, 4.69) is 4.72 Å². The molecule has 0 saturated heterocycles. The van der Waals surface area contributed by atoms with Crippen LogP contribution in [0.1, 0.15) is 13.8 Å². The molecular weight excluding hydrogens is 295 g/mol. The predicted octanol–water partition coefficient (Wildman–Crippen LogP) is 1.36. The smallest absolute Gasteiger partial charge is 0.243 e. The number of aliphatic hydroxyl groups is 1. The average molecular weight is 311 g/mol. The molecule has 108 valence electrons. The Morgan fingerprint density at radius 3 is 2.58 bits per heavy atom. The number of hydrogen-bond acceptors (Lipinski definition) is 4. The number of aliphatic hydroxyl groups excluding tert-OH is 1. The van der Waals surface area contributed by atoms with Crippen molar-refractivity contribution < 1.29 is 17.9 Å². The van der Waals surface area contributed by atoms with Gasteiger partial charge < -0.3 is 10.8 Å². The molecule has 0 aliphatic heterocycles. The van der Waals surface area contributed by atoms with Gasteiger partial charge in [-0.2, -0.15) is 0 Å². The van der Waals surface area contributed by atoms with Crippen molar-refractivity contribution in [3.05, 3.63) is 23.0 Å². The first-order valence-electron chi connectivity index (χ1n) is 5.57. The van der Waals surface area contributed by atoms with E-state index in [1.807, 2.05) is 0 Å². The number of anilines is 1. The van der Waals surface area contributed by atoms with E-state index in [1.165, 1.54) is 0 Å². The van der Waals surface area contributed by atoms with Crippen LogP contribution in [0.3, 0.4) is 0 Å². The summed E-state index contributed by atoms with van der Waals surface area (Å²) < 4.78 is 39.6. The lowest BCUT2D eigenvalue weighted by molar-refractivity contribution is 0.129. The number of nitrogens with two attached hydrogens (primary N) is 1. The first-order valence-corrected chi connectivity index (χ1v) is 7.43. The normalized spacial score (nSPS) is 13.8. The summed E-state index contributed by atoms with van der Waals surface area (Å²) in [5.74, 6) is -1.20. The van der Waals surface area contributed by atoms with Crippen molar-refractivity contribution in [2.75, 3.05) is 12.3 Å². The van der Waals surface area contributed by atoms with Gasteiger partial charge in [0, 0.05) is 12.2 Å². The van der Waals surface area contributed by atoms with Gasteiger partial charge in [0.15, 0.2) is 5.82 Å². The van der Waals surface area contributed by atoms with Gasteiger partial charge in [-0.25, -0.2) is 17.5 Å². The number of hydrogen-bond donors (Lipinski definition) is 3. The number of benzene rings is 1. The van der Waals surface area contributed by atoms with Crippen LogP contribution in [0.25, 0.3) is 0 Å². The zero-order chi connectivity index (χ0) is 14.8. The second-order valence-corrected chi connectivity index (χ2v) is 6.62. The first-order chi connectivity index (χ1) is 8.65. The molecule has 5 nitrogen and oxygen atoms in total. The maximum Gasteiger partial charge on any atom is 0.243 e. The van der Waals surface area contributed by atoms with Gasteiger partial charge in [-0.3, -0.25) is 0 Å². The molecule has 0 aliphatic rings. The third-order valence-corrected chi connectivity index (χ3v) is 4.26. The lowest BCUT2D eigenvalue weighted by atomic mass is 10.1. The molecule has 19 heavy (non-hydrogen) atoms. The fraction of sp³-hybridized carbons (Fsp3) is 0.455. The van der Waals surface area contributed by atoms with Gasteiger partial charge in [0.1, 0.15) is 4.90 Å². The van der Waals surface area contributed by atoms with Crippen LogP contribution < -0.4 is 10.5 Å². The summed E-state index contributed by atoms with van der Waals surface area (Å²) in [6.07, 6.45) is -0.866. The molecule has 0 bridgehead atoms. The van der Waals surface area contributed by atoms with Crippen molar-refractivity contribution in [1.82, 2.24) is 4.72 Å². The van der Waals surface area contributed by atoms with E-state index in [-0.39, 0.29) is 23.2 Å². The molecule has 1 atom stereocenters. The highest BCUT2D eigenvalue weighted by molar-refractivity contribution is 7.89. The van der Waals surface area contributed by atoms with Crippen LogP contribution >= 0.6 is 11.6 Å². The maximum absolute atomic E-state index is 13.7. The van der Waals surface area contributed by atoms with Crippen LogP contribution in [0.5, 0.6) is 0 Å². The number of nitrogens with one attached hydrogen (secondary N) is 1. The minimum Gasteiger partial charge on any atom is -0.399 e. The molecular formula is C11H16ClFN2O3S. The summed E-state index contributed by atoms with van der Waals surface area (Å²) in [7, 11) is -4.11. The first kappa shape index (κ1) is 16.2. The number of rotatable bonds is 5. The Morgan fingerprint density at radius 1 is 1.47 bits per heavy atom.